The van der Waals surface area contributed by atoms with E-state index in [1.54, 1.807) is 14.0 Å². The van der Waals surface area contributed by atoms with Crippen molar-refractivity contribution in [3.8, 4) is 5.75 Å². The van der Waals surface area contributed by atoms with Crippen LogP contribution in [0.15, 0.2) is 18.2 Å². The lowest BCUT2D eigenvalue weighted by Gasteiger charge is -1.99. The number of nitrogens with zero attached hydrogens (tertiary/aromatic N) is 1. The summed E-state index contributed by atoms with van der Waals surface area (Å²) in [5.41, 5.74) is 1.90. The summed E-state index contributed by atoms with van der Waals surface area (Å²) in [7, 11) is 1.64. The van der Waals surface area contributed by atoms with Gasteiger partial charge in [-0.3, -0.25) is 0 Å². The third-order valence-electron chi connectivity index (χ3n) is 2.54. The second-order valence-corrected chi connectivity index (χ2v) is 3.95. The van der Waals surface area contributed by atoms with Crippen LogP contribution in [0.2, 0.25) is 0 Å². The highest BCUT2D eigenvalue weighted by atomic mass is 16.5. The molecule has 0 bridgehead atoms. The van der Waals surface area contributed by atoms with Gasteiger partial charge in [-0.25, -0.2) is 4.98 Å². The van der Waals surface area contributed by atoms with Crippen molar-refractivity contribution < 1.29 is 9.84 Å². The maximum Gasteiger partial charge on any atom is 0.121 e. The molecule has 1 atom stereocenters. The Balaban J connectivity index is 2.22. The van der Waals surface area contributed by atoms with E-state index in [1.807, 2.05) is 18.2 Å². The van der Waals surface area contributed by atoms with Crippen LogP contribution in [0.4, 0.5) is 0 Å². The standard InChI is InChI=1S/C12H16N2O2/c1-8(15)3-6-12-13-10-5-4-9(16-2)7-11(10)14-12/h4-5,7-8,15H,3,6H2,1-2H3,(H,13,14). The van der Waals surface area contributed by atoms with Gasteiger partial charge < -0.3 is 14.8 Å². The summed E-state index contributed by atoms with van der Waals surface area (Å²) < 4.78 is 5.14. The van der Waals surface area contributed by atoms with Crippen molar-refractivity contribution in [3.63, 3.8) is 0 Å². The van der Waals surface area contributed by atoms with E-state index < -0.39 is 0 Å². The molecule has 0 saturated heterocycles. The lowest BCUT2D eigenvalue weighted by Crippen LogP contribution is -2.02. The molecule has 86 valence electrons. The topological polar surface area (TPSA) is 58.1 Å². The molecule has 4 nitrogen and oxygen atoms in total. The molecule has 16 heavy (non-hydrogen) atoms. The van der Waals surface area contributed by atoms with Gasteiger partial charge >= 0.3 is 0 Å². The van der Waals surface area contributed by atoms with Gasteiger partial charge in [0.2, 0.25) is 0 Å². The number of H-pyrrole nitrogens is 1. The Kier molecular flexibility index (Phi) is 3.10. The highest BCUT2D eigenvalue weighted by Crippen LogP contribution is 2.19. The first-order valence-corrected chi connectivity index (χ1v) is 5.39. The van der Waals surface area contributed by atoms with E-state index in [0.717, 1.165) is 35.4 Å². The van der Waals surface area contributed by atoms with E-state index in [9.17, 15) is 5.11 Å². The second kappa shape index (κ2) is 4.53. The van der Waals surface area contributed by atoms with Gasteiger partial charge in [-0.05, 0) is 25.5 Å². The molecule has 1 aromatic heterocycles. The van der Waals surface area contributed by atoms with Crippen molar-refractivity contribution >= 4 is 11.0 Å². The lowest BCUT2D eigenvalue weighted by atomic mass is 10.2. The van der Waals surface area contributed by atoms with Crippen molar-refractivity contribution in [3.05, 3.63) is 24.0 Å². The van der Waals surface area contributed by atoms with Crippen molar-refractivity contribution in [2.24, 2.45) is 0 Å². The maximum atomic E-state index is 9.21. The fraction of sp³-hybridized carbons (Fsp3) is 0.417. The third kappa shape index (κ3) is 2.33. The highest BCUT2D eigenvalue weighted by Gasteiger charge is 2.05. The minimum absolute atomic E-state index is 0.289. The molecule has 2 rings (SSSR count). The van der Waals surface area contributed by atoms with Gasteiger partial charge in [-0.15, -0.1) is 0 Å². The average Bonchev–Trinajstić information content (AvgIpc) is 2.67. The van der Waals surface area contributed by atoms with E-state index in [2.05, 4.69) is 9.97 Å². The number of rotatable bonds is 4. The van der Waals surface area contributed by atoms with Crippen molar-refractivity contribution in [2.45, 2.75) is 25.9 Å². The number of aliphatic hydroxyl groups is 1. The molecular formula is C12H16N2O2. The molecule has 0 fully saturated rings. The van der Waals surface area contributed by atoms with Crippen LogP contribution < -0.4 is 4.74 Å². The van der Waals surface area contributed by atoms with Crippen molar-refractivity contribution in [1.82, 2.24) is 9.97 Å². The van der Waals surface area contributed by atoms with Crippen LogP contribution >= 0.6 is 0 Å². The quantitative estimate of drug-likeness (QED) is 0.827. The number of ether oxygens (including phenoxy) is 1. The summed E-state index contributed by atoms with van der Waals surface area (Å²) >= 11 is 0. The molecule has 0 spiro atoms. The smallest absolute Gasteiger partial charge is 0.121 e. The highest BCUT2D eigenvalue weighted by molar-refractivity contribution is 5.76. The second-order valence-electron chi connectivity index (χ2n) is 3.95. The largest absolute Gasteiger partial charge is 0.497 e. The van der Waals surface area contributed by atoms with E-state index in [-0.39, 0.29) is 6.10 Å². The van der Waals surface area contributed by atoms with Crippen molar-refractivity contribution in [1.29, 1.82) is 0 Å². The van der Waals surface area contributed by atoms with Crippen LogP contribution in [0, 0.1) is 0 Å². The van der Waals surface area contributed by atoms with E-state index >= 15 is 0 Å². The molecule has 1 aromatic carbocycles. The number of imidazole rings is 1. The van der Waals surface area contributed by atoms with Gasteiger partial charge in [0.15, 0.2) is 0 Å². The zero-order valence-electron chi connectivity index (χ0n) is 9.53. The molecule has 2 N–H and O–H groups in total. The zero-order chi connectivity index (χ0) is 11.5. The molecule has 0 aliphatic heterocycles. The molecule has 0 aliphatic carbocycles. The van der Waals surface area contributed by atoms with E-state index in [0.29, 0.717) is 0 Å². The normalized spacial score (nSPS) is 12.9. The summed E-state index contributed by atoms with van der Waals surface area (Å²) in [5.74, 6) is 1.72. The van der Waals surface area contributed by atoms with Crippen LogP contribution in [0.25, 0.3) is 11.0 Å². The number of hydrogen-bond acceptors (Lipinski definition) is 3. The summed E-state index contributed by atoms with van der Waals surface area (Å²) in [4.78, 5) is 7.66. The maximum absolute atomic E-state index is 9.21. The fourth-order valence-electron chi connectivity index (χ4n) is 1.63. The van der Waals surface area contributed by atoms with E-state index in [4.69, 9.17) is 4.74 Å². The predicted molar refractivity (Wildman–Crippen MR) is 62.6 cm³/mol. The molecule has 0 aliphatic rings. The molecule has 0 saturated carbocycles. The number of benzene rings is 1. The summed E-state index contributed by atoms with van der Waals surface area (Å²) in [6.45, 7) is 1.78. The Bertz CT molecular complexity index is 477. The van der Waals surface area contributed by atoms with Gasteiger partial charge in [0, 0.05) is 12.5 Å². The SMILES string of the molecule is COc1ccc2nc(CCC(C)O)[nH]c2c1. The number of hydrogen-bond donors (Lipinski definition) is 2. The van der Waals surface area contributed by atoms with Crippen molar-refractivity contribution in [2.75, 3.05) is 7.11 Å². The number of fused-ring (bicyclic) bond motifs is 1. The van der Waals surface area contributed by atoms with Gasteiger partial charge in [0.25, 0.3) is 0 Å². The zero-order valence-corrected chi connectivity index (χ0v) is 9.53. The van der Waals surface area contributed by atoms with Gasteiger partial charge in [-0.2, -0.15) is 0 Å². The molecule has 0 radical (unpaired) electrons. The van der Waals surface area contributed by atoms with Crippen LogP contribution in [0.3, 0.4) is 0 Å². The molecule has 4 heteroatoms. The minimum atomic E-state index is -0.289. The number of nitrogens with one attached hydrogen (secondary N) is 1. The Hall–Kier alpha value is -1.55. The molecule has 2 aromatic rings. The molecule has 1 unspecified atom stereocenters. The number of aromatic amines is 1. The van der Waals surface area contributed by atoms with Crippen LogP contribution in [0.5, 0.6) is 5.75 Å². The summed E-state index contributed by atoms with van der Waals surface area (Å²) in [5, 5.41) is 9.21. The van der Waals surface area contributed by atoms with Gasteiger partial charge in [0.05, 0.1) is 24.2 Å². The van der Waals surface area contributed by atoms with Crippen LogP contribution in [-0.2, 0) is 6.42 Å². The first-order chi connectivity index (χ1) is 7.69. The molecule has 1 heterocycles. The predicted octanol–water partition coefficient (Wildman–Crippen LogP) is 1.88. The van der Waals surface area contributed by atoms with Gasteiger partial charge in [-0.1, -0.05) is 0 Å². The number of methoxy groups -OCH3 is 1. The Labute approximate surface area is 94.3 Å². The Morgan fingerprint density at radius 1 is 1.50 bits per heavy atom. The number of aliphatic hydroxyl groups excluding tert-OH is 1. The monoisotopic (exact) mass is 220 g/mol. The summed E-state index contributed by atoms with van der Waals surface area (Å²) in [6, 6.07) is 5.74. The first kappa shape index (κ1) is 11.0. The Morgan fingerprint density at radius 2 is 2.31 bits per heavy atom. The summed E-state index contributed by atoms with van der Waals surface area (Å²) in [6.07, 6.45) is 1.19. The third-order valence-corrected chi connectivity index (χ3v) is 2.54. The fourth-order valence-corrected chi connectivity index (χ4v) is 1.63. The Morgan fingerprint density at radius 3 is 3.00 bits per heavy atom. The van der Waals surface area contributed by atoms with Gasteiger partial charge in [0.1, 0.15) is 11.6 Å². The average molecular weight is 220 g/mol. The van der Waals surface area contributed by atoms with E-state index in [1.165, 1.54) is 0 Å². The lowest BCUT2D eigenvalue weighted by molar-refractivity contribution is 0.184. The van der Waals surface area contributed by atoms with Crippen LogP contribution in [0.1, 0.15) is 19.2 Å². The number of aromatic nitrogens is 2. The number of aryl methyl sites for hydroxylation is 1. The first-order valence-electron chi connectivity index (χ1n) is 5.39. The molecule has 0 amide bonds. The minimum Gasteiger partial charge on any atom is -0.497 e. The van der Waals surface area contributed by atoms with Crippen LogP contribution in [-0.4, -0.2) is 28.3 Å². The molecular weight excluding hydrogens is 204 g/mol.